The molecule has 0 radical (unpaired) electrons. The summed E-state index contributed by atoms with van der Waals surface area (Å²) >= 11 is 0. The van der Waals surface area contributed by atoms with Crippen molar-refractivity contribution in [3.63, 3.8) is 0 Å². The normalized spacial score (nSPS) is 11.0. The lowest BCUT2D eigenvalue weighted by atomic mass is 10.2. The molecule has 4 heteroatoms. The maximum atomic E-state index is 5.59. The number of rotatable bonds is 3. The van der Waals surface area contributed by atoms with Gasteiger partial charge >= 0.3 is 0 Å². The van der Waals surface area contributed by atoms with Crippen molar-refractivity contribution in [3.8, 4) is 17.2 Å². The molecule has 0 saturated heterocycles. The molecule has 0 aliphatic carbocycles. The van der Waals surface area contributed by atoms with Gasteiger partial charge in [-0.2, -0.15) is 0 Å². The van der Waals surface area contributed by atoms with Crippen LogP contribution < -0.4 is 9.47 Å². The fourth-order valence-electron chi connectivity index (χ4n) is 3.05. The zero-order valence-corrected chi connectivity index (χ0v) is 13.0. The van der Waals surface area contributed by atoms with Gasteiger partial charge in [-0.15, -0.1) is 0 Å². The van der Waals surface area contributed by atoms with Gasteiger partial charge in [0.25, 0.3) is 0 Å². The number of para-hydroxylation sites is 1. The highest BCUT2D eigenvalue weighted by atomic mass is 16.5. The second-order valence-electron chi connectivity index (χ2n) is 5.28. The topological polar surface area (TPSA) is 36.3 Å². The second-order valence-corrected chi connectivity index (χ2v) is 5.28. The Hall–Kier alpha value is -3.01. The van der Waals surface area contributed by atoms with Crippen LogP contribution in [0.25, 0.3) is 27.5 Å². The van der Waals surface area contributed by atoms with Crippen molar-refractivity contribution in [2.45, 2.75) is 0 Å². The highest BCUT2D eigenvalue weighted by Gasteiger charge is 2.15. The number of hydrogen-bond donors (Lipinski definition) is 0. The maximum absolute atomic E-state index is 5.59. The Bertz CT molecular complexity index is 952. The summed E-state index contributed by atoms with van der Waals surface area (Å²) in [4.78, 5) is 4.30. The summed E-state index contributed by atoms with van der Waals surface area (Å²) in [6.45, 7) is 0. The summed E-state index contributed by atoms with van der Waals surface area (Å²) in [6, 6.07) is 16.2. The van der Waals surface area contributed by atoms with Gasteiger partial charge in [0, 0.05) is 23.0 Å². The molecule has 114 valence electrons. The maximum Gasteiger partial charge on any atom is 0.146 e. The number of methoxy groups -OCH3 is 2. The molecule has 0 aliphatic rings. The molecule has 0 bridgehead atoms. The van der Waals surface area contributed by atoms with Crippen LogP contribution in [0.15, 0.2) is 60.9 Å². The quantitative estimate of drug-likeness (QED) is 0.569. The van der Waals surface area contributed by atoms with E-state index in [0.29, 0.717) is 0 Å². The van der Waals surface area contributed by atoms with Crippen LogP contribution in [0, 0.1) is 0 Å². The first-order valence-corrected chi connectivity index (χ1v) is 7.39. The van der Waals surface area contributed by atoms with Crippen molar-refractivity contribution in [2.24, 2.45) is 0 Å². The van der Waals surface area contributed by atoms with Crippen molar-refractivity contribution < 1.29 is 9.47 Å². The standard InChI is InChI=1S/C19H16N2O2/c1-22-13-7-8-17(19(11-13)23-2)21-16-6-4-3-5-14(16)15-9-10-20-12-18(15)21/h3-12H,1-2H3. The van der Waals surface area contributed by atoms with Crippen molar-refractivity contribution in [2.75, 3.05) is 14.2 Å². The highest BCUT2D eigenvalue weighted by molar-refractivity contribution is 6.09. The van der Waals surface area contributed by atoms with E-state index in [9.17, 15) is 0 Å². The van der Waals surface area contributed by atoms with Crippen LogP contribution in [0.3, 0.4) is 0 Å². The Balaban J connectivity index is 2.12. The Morgan fingerprint density at radius 3 is 2.52 bits per heavy atom. The van der Waals surface area contributed by atoms with Gasteiger partial charge in [-0.3, -0.25) is 4.98 Å². The molecule has 0 saturated carbocycles. The lowest BCUT2D eigenvalue weighted by Crippen LogP contribution is -1.98. The van der Waals surface area contributed by atoms with Crippen molar-refractivity contribution in [3.05, 3.63) is 60.9 Å². The third-order valence-corrected chi connectivity index (χ3v) is 4.10. The summed E-state index contributed by atoms with van der Waals surface area (Å²) in [6.07, 6.45) is 3.71. The first kappa shape index (κ1) is 13.6. The summed E-state index contributed by atoms with van der Waals surface area (Å²) in [5, 5.41) is 2.37. The molecule has 0 amide bonds. The number of benzene rings is 2. The molecule has 0 fully saturated rings. The fraction of sp³-hybridized carbons (Fsp3) is 0.105. The number of hydrogen-bond acceptors (Lipinski definition) is 3. The van der Waals surface area contributed by atoms with Crippen LogP contribution in [-0.2, 0) is 0 Å². The van der Waals surface area contributed by atoms with E-state index in [2.05, 4.69) is 27.8 Å². The Kier molecular flexibility index (Phi) is 3.15. The number of aromatic nitrogens is 2. The highest BCUT2D eigenvalue weighted by Crippen LogP contribution is 2.36. The molecule has 2 aromatic carbocycles. The predicted octanol–water partition coefficient (Wildman–Crippen LogP) is 4.20. The molecule has 4 rings (SSSR count). The van der Waals surface area contributed by atoms with Crippen LogP contribution in [0.2, 0.25) is 0 Å². The number of ether oxygens (including phenoxy) is 2. The average Bonchev–Trinajstić information content (AvgIpc) is 2.95. The van der Waals surface area contributed by atoms with Crippen LogP contribution in [0.1, 0.15) is 0 Å². The Morgan fingerprint density at radius 2 is 1.70 bits per heavy atom. The fourth-order valence-corrected chi connectivity index (χ4v) is 3.05. The molecule has 4 nitrogen and oxygen atoms in total. The zero-order chi connectivity index (χ0) is 15.8. The van der Waals surface area contributed by atoms with Gasteiger partial charge in [0.15, 0.2) is 0 Å². The zero-order valence-electron chi connectivity index (χ0n) is 13.0. The average molecular weight is 304 g/mol. The molecule has 4 aromatic rings. The Morgan fingerprint density at radius 1 is 0.870 bits per heavy atom. The van der Waals surface area contributed by atoms with Crippen molar-refractivity contribution >= 4 is 21.8 Å². The number of nitrogens with zero attached hydrogens (tertiary/aromatic N) is 2. The molecule has 2 heterocycles. The minimum atomic E-state index is 0.760. The monoisotopic (exact) mass is 304 g/mol. The number of fused-ring (bicyclic) bond motifs is 3. The van der Waals surface area contributed by atoms with Crippen LogP contribution in [0.4, 0.5) is 0 Å². The molecular weight excluding hydrogens is 288 g/mol. The van der Waals surface area contributed by atoms with E-state index < -0.39 is 0 Å². The van der Waals surface area contributed by atoms with Crippen LogP contribution in [0.5, 0.6) is 11.5 Å². The van der Waals surface area contributed by atoms with Crippen molar-refractivity contribution in [1.29, 1.82) is 0 Å². The van der Waals surface area contributed by atoms with Gasteiger partial charge in [-0.1, -0.05) is 18.2 Å². The summed E-state index contributed by atoms with van der Waals surface area (Å²) < 4.78 is 13.1. The first-order valence-electron chi connectivity index (χ1n) is 7.39. The molecule has 0 unspecified atom stereocenters. The van der Waals surface area contributed by atoms with Gasteiger partial charge in [-0.25, -0.2) is 0 Å². The molecule has 0 spiro atoms. The SMILES string of the molecule is COc1ccc(-n2c3ccccc3c3ccncc32)c(OC)c1. The van der Waals surface area contributed by atoms with E-state index in [1.54, 1.807) is 14.2 Å². The summed E-state index contributed by atoms with van der Waals surface area (Å²) in [5.41, 5.74) is 3.14. The smallest absolute Gasteiger partial charge is 0.146 e. The first-order chi connectivity index (χ1) is 11.3. The molecular formula is C19H16N2O2. The molecule has 0 aliphatic heterocycles. The lowest BCUT2D eigenvalue weighted by Gasteiger charge is -2.13. The lowest BCUT2D eigenvalue weighted by molar-refractivity contribution is 0.393. The van der Waals surface area contributed by atoms with Gasteiger partial charge in [0.05, 0.1) is 37.1 Å². The van der Waals surface area contributed by atoms with E-state index >= 15 is 0 Å². The van der Waals surface area contributed by atoms with Crippen LogP contribution in [-0.4, -0.2) is 23.8 Å². The molecule has 0 atom stereocenters. The summed E-state index contributed by atoms with van der Waals surface area (Å²) in [5.74, 6) is 1.53. The van der Waals surface area contributed by atoms with Crippen molar-refractivity contribution in [1.82, 2.24) is 9.55 Å². The van der Waals surface area contributed by atoms with Gasteiger partial charge in [0.1, 0.15) is 11.5 Å². The number of pyridine rings is 1. The van der Waals surface area contributed by atoms with Gasteiger partial charge in [-0.05, 0) is 24.3 Å². The molecule has 2 aromatic heterocycles. The summed E-state index contributed by atoms with van der Waals surface area (Å²) in [7, 11) is 3.32. The van der Waals surface area contributed by atoms with E-state index in [0.717, 1.165) is 28.2 Å². The van der Waals surface area contributed by atoms with Gasteiger partial charge in [0.2, 0.25) is 0 Å². The third-order valence-electron chi connectivity index (χ3n) is 4.10. The molecule has 0 N–H and O–H groups in total. The Labute approximate surface area is 133 Å². The van der Waals surface area contributed by atoms with E-state index in [-0.39, 0.29) is 0 Å². The van der Waals surface area contributed by atoms with E-state index in [1.165, 1.54) is 10.8 Å². The largest absolute Gasteiger partial charge is 0.497 e. The van der Waals surface area contributed by atoms with Gasteiger partial charge < -0.3 is 14.0 Å². The van der Waals surface area contributed by atoms with E-state index in [1.807, 2.05) is 42.7 Å². The second kappa shape index (κ2) is 5.32. The third kappa shape index (κ3) is 2.03. The minimum Gasteiger partial charge on any atom is -0.497 e. The predicted molar refractivity (Wildman–Crippen MR) is 91.7 cm³/mol. The minimum absolute atomic E-state index is 0.760. The van der Waals surface area contributed by atoms with Crippen LogP contribution >= 0.6 is 0 Å². The molecule has 23 heavy (non-hydrogen) atoms. The van der Waals surface area contributed by atoms with E-state index in [4.69, 9.17) is 9.47 Å².